The molecule has 0 amide bonds. The van der Waals surface area contributed by atoms with Crippen molar-refractivity contribution in [1.82, 2.24) is 5.32 Å². The minimum atomic E-state index is -0.148. The molecule has 0 aromatic heterocycles. The Morgan fingerprint density at radius 2 is 2.06 bits per heavy atom. The number of rotatable bonds is 6. The van der Waals surface area contributed by atoms with Gasteiger partial charge in [-0.05, 0) is 44.4 Å². The molecule has 1 aliphatic rings. The second-order valence-electron chi connectivity index (χ2n) is 4.57. The van der Waals surface area contributed by atoms with Crippen LogP contribution in [0.2, 0.25) is 0 Å². The number of para-hydroxylation sites is 1. The zero-order valence-electron chi connectivity index (χ0n) is 10.1. The average Bonchev–Trinajstić information content (AvgIpc) is 2.76. The Hall–Kier alpha value is -1.06. The SMILES string of the molecule is O[C@H]1CCC[C@@H]1NCCCOc1ccccc1. The van der Waals surface area contributed by atoms with Crippen LogP contribution in [0.4, 0.5) is 0 Å². The summed E-state index contributed by atoms with van der Waals surface area (Å²) in [7, 11) is 0. The normalized spacial score (nSPS) is 23.8. The Labute approximate surface area is 103 Å². The first-order valence-electron chi connectivity index (χ1n) is 6.45. The van der Waals surface area contributed by atoms with Gasteiger partial charge in [0.05, 0.1) is 12.7 Å². The van der Waals surface area contributed by atoms with Gasteiger partial charge in [0.1, 0.15) is 5.75 Å². The fourth-order valence-electron chi connectivity index (χ4n) is 2.24. The van der Waals surface area contributed by atoms with E-state index in [0.717, 1.165) is 44.6 Å². The Bertz CT molecular complexity index is 315. The molecule has 2 rings (SSSR count). The highest BCUT2D eigenvalue weighted by Crippen LogP contribution is 2.18. The Kier molecular flexibility index (Phi) is 4.83. The lowest BCUT2D eigenvalue weighted by Gasteiger charge is -2.16. The Balaban J connectivity index is 1.55. The van der Waals surface area contributed by atoms with E-state index in [1.54, 1.807) is 0 Å². The van der Waals surface area contributed by atoms with Crippen molar-refractivity contribution < 1.29 is 9.84 Å². The van der Waals surface area contributed by atoms with E-state index in [0.29, 0.717) is 6.04 Å². The van der Waals surface area contributed by atoms with Crippen LogP contribution in [0.5, 0.6) is 5.75 Å². The summed E-state index contributed by atoms with van der Waals surface area (Å²) >= 11 is 0. The lowest BCUT2D eigenvalue weighted by Crippen LogP contribution is -2.36. The van der Waals surface area contributed by atoms with Gasteiger partial charge in [-0.25, -0.2) is 0 Å². The summed E-state index contributed by atoms with van der Waals surface area (Å²) in [4.78, 5) is 0. The number of ether oxygens (including phenoxy) is 1. The average molecular weight is 235 g/mol. The summed E-state index contributed by atoms with van der Waals surface area (Å²) in [6.45, 7) is 1.63. The van der Waals surface area contributed by atoms with Gasteiger partial charge >= 0.3 is 0 Å². The topological polar surface area (TPSA) is 41.5 Å². The third-order valence-corrected chi connectivity index (χ3v) is 3.22. The van der Waals surface area contributed by atoms with Crippen molar-refractivity contribution in [2.45, 2.75) is 37.8 Å². The van der Waals surface area contributed by atoms with E-state index < -0.39 is 0 Å². The number of hydrogen-bond acceptors (Lipinski definition) is 3. The fraction of sp³-hybridized carbons (Fsp3) is 0.571. The molecule has 3 heteroatoms. The van der Waals surface area contributed by atoms with Crippen molar-refractivity contribution in [3.63, 3.8) is 0 Å². The predicted octanol–water partition coefficient (Wildman–Crippen LogP) is 1.96. The molecular formula is C14H21NO2. The van der Waals surface area contributed by atoms with Crippen molar-refractivity contribution >= 4 is 0 Å². The van der Waals surface area contributed by atoms with E-state index in [1.807, 2.05) is 30.3 Å². The smallest absolute Gasteiger partial charge is 0.119 e. The largest absolute Gasteiger partial charge is 0.494 e. The molecule has 1 aromatic carbocycles. The van der Waals surface area contributed by atoms with E-state index in [-0.39, 0.29) is 6.10 Å². The van der Waals surface area contributed by atoms with E-state index in [1.165, 1.54) is 0 Å². The molecule has 0 unspecified atom stereocenters. The van der Waals surface area contributed by atoms with Crippen molar-refractivity contribution in [3.8, 4) is 5.75 Å². The zero-order chi connectivity index (χ0) is 11.9. The third-order valence-electron chi connectivity index (χ3n) is 3.22. The van der Waals surface area contributed by atoms with E-state index in [9.17, 15) is 5.11 Å². The molecule has 0 radical (unpaired) electrons. The molecular weight excluding hydrogens is 214 g/mol. The summed E-state index contributed by atoms with van der Waals surface area (Å²) in [5, 5.41) is 13.0. The van der Waals surface area contributed by atoms with Gasteiger partial charge in [-0.3, -0.25) is 0 Å². The number of aliphatic hydroxyl groups excluding tert-OH is 1. The fourth-order valence-corrected chi connectivity index (χ4v) is 2.24. The van der Waals surface area contributed by atoms with Gasteiger partial charge in [-0.1, -0.05) is 18.2 Å². The van der Waals surface area contributed by atoms with Crippen LogP contribution in [-0.2, 0) is 0 Å². The molecule has 0 heterocycles. The predicted molar refractivity (Wildman–Crippen MR) is 68.2 cm³/mol. The maximum absolute atomic E-state index is 9.63. The molecule has 3 nitrogen and oxygen atoms in total. The maximum atomic E-state index is 9.63. The van der Waals surface area contributed by atoms with Gasteiger partial charge < -0.3 is 15.2 Å². The van der Waals surface area contributed by atoms with Crippen molar-refractivity contribution in [1.29, 1.82) is 0 Å². The summed E-state index contributed by atoms with van der Waals surface area (Å²) in [6.07, 6.45) is 4.00. The third kappa shape index (κ3) is 4.02. The van der Waals surface area contributed by atoms with Crippen molar-refractivity contribution in [3.05, 3.63) is 30.3 Å². The summed E-state index contributed by atoms with van der Waals surface area (Å²) in [5.41, 5.74) is 0. The van der Waals surface area contributed by atoms with Crippen LogP contribution < -0.4 is 10.1 Å². The first kappa shape index (κ1) is 12.4. The Morgan fingerprint density at radius 3 is 2.76 bits per heavy atom. The van der Waals surface area contributed by atoms with E-state index in [4.69, 9.17) is 4.74 Å². The number of nitrogens with one attached hydrogen (secondary N) is 1. The quantitative estimate of drug-likeness (QED) is 0.741. The van der Waals surface area contributed by atoms with Gasteiger partial charge in [-0.15, -0.1) is 0 Å². The van der Waals surface area contributed by atoms with Crippen LogP contribution in [0.1, 0.15) is 25.7 Å². The van der Waals surface area contributed by atoms with Crippen molar-refractivity contribution in [2.75, 3.05) is 13.2 Å². The van der Waals surface area contributed by atoms with Gasteiger partial charge in [0.15, 0.2) is 0 Å². The number of aliphatic hydroxyl groups is 1. The molecule has 2 atom stereocenters. The number of hydrogen-bond donors (Lipinski definition) is 2. The number of benzene rings is 1. The Morgan fingerprint density at radius 1 is 1.24 bits per heavy atom. The maximum Gasteiger partial charge on any atom is 0.119 e. The molecule has 2 N–H and O–H groups in total. The van der Waals surface area contributed by atoms with Crippen LogP contribution in [-0.4, -0.2) is 30.4 Å². The molecule has 17 heavy (non-hydrogen) atoms. The minimum absolute atomic E-state index is 0.148. The summed E-state index contributed by atoms with van der Waals surface area (Å²) in [6, 6.07) is 10.2. The van der Waals surface area contributed by atoms with Crippen LogP contribution in [0.25, 0.3) is 0 Å². The minimum Gasteiger partial charge on any atom is -0.494 e. The van der Waals surface area contributed by atoms with Gasteiger partial charge in [0, 0.05) is 6.04 Å². The van der Waals surface area contributed by atoms with Gasteiger partial charge in [-0.2, -0.15) is 0 Å². The van der Waals surface area contributed by atoms with Gasteiger partial charge in [0.2, 0.25) is 0 Å². The molecule has 0 saturated heterocycles. The molecule has 0 bridgehead atoms. The second-order valence-corrected chi connectivity index (χ2v) is 4.57. The highest BCUT2D eigenvalue weighted by Gasteiger charge is 2.23. The second kappa shape index (κ2) is 6.62. The standard InChI is InChI=1S/C14H21NO2/c16-14-9-4-8-13(14)15-10-5-11-17-12-6-2-1-3-7-12/h1-3,6-7,13-16H,4-5,8-11H2/t13-,14-/m0/s1. The highest BCUT2D eigenvalue weighted by atomic mass is 16.5. The zero-order valence-corrected chi connectivity index (χ0v) is 10.1. The summed E-state index contributed by atoms with van der Waals surface area (Å²) in [5.74, 6) is 0.924. The molecule has 1 saturated carbocycles. The lowest BCUT2D eigenvalue weighted by atomic mass is 10.2. The molecule has 1 aromatic rings. The van der Waals surface area contributed by atoms with Crippen LogP contribution in [0, 0.1) is 0 Å². The van der Waals surface area contributed by atoms with Gasteiger partial charge in [0.25, 0.3) is 0 Å². The lowest BCUT2D eigenvalue weighted by molar-refractivity contribution is 0.148. The first-order chi connectivity index (χ1) is 8.36. The van der Waals surface area contributed by atoms with E-state index >= 15 is 0 Å². The molecule has 94 valence electrons. The summed E-state index contributed by atoms with van der Waals surface area (Å²) < 4.78 is 5.60. The van der Waals surface area contributed by atoms with Crippen LogP contribution in [0.15, 0.2) is 30.3 Å². The molecule has 1 fully saturated rings. The first-order valence-corrected chi connectivity index (χ1v) is 6.45. The van der Waals surface area contributed by atoms with Crippen molar-refractivity contribution in [2.24, 2.45) is 0 Å². The highest BCUT2D eigenvalue weighted by molar-refractivity contribution is 5.20. The molecule has 1 aliphatic carbocycles. The monoisotopic (exact) mass is 235 g/mol. The van der Waals surface area contributed by atoms with Crippen LogP contribution >= 0.6 is 0 Å². The molecule has 0 spiro atoms. The molecule has 0 aliphatic heterocycles. The van der Waals surface area contributed by atoms with E-state index in [2.05, 4.69) is 5.32 Å². The van der Waals surface area contributed by atoms with Crippen LogP contribution in [0.3, 0.4) is 0 Å².